The first-order valence-electron chi connectivity index (χ1n) is 3.25. The van der Waals surface area contributed by atoms with Gasteiger partial charge in [0, 0.05) is 5.02 Å². The van der Waals surface area contributed by atoms with Gasteiger partial charge in [0.1, 0.15) is 12.4 Å². The molecule has 0 unspecified atom stereocenters. The molecule has 0 saturated carbocycles. The van der Waals surface area contributed by atoms with E-state index in [4.69, 9.17) is 34.4 Å². The molecule has 0 spiro atoms. The number of halogens is 2. The average molecular weight is 201 g/mol. The predicted octanol–water partition coefficient (Wildman–Crippen LogP) is 3.01. The van der Waals surface area contributed by atoms with Gasteiger partial charge in [-0.3, -0.25) is 0 Å². The van der Waals surface area contributed by atoms with Crippen LogP contribution in [0.1, 0.15) is 0 Å². The highest BCUT2D eigenvalue weighted by Crippen LogP contribution is 2.27. The summed E-state index contributed by atoms with van der Waals surface area (Å²) >= 11 is 11.5. The first-order valence-corrected chi connectivity index (χ1v) is 4.01. The topological polar surface area (TPSA) is 9.23 Å². The Kier molecular flexibility index (Phi) is 3.28. The van der Waals surface area contributed by atoms with Gasteiger partial charge in [0.2, 0.25) is 0 Å². The van der Waals surface area contributed by atoms with Crippen LogP contribution in [0.3, 0.4) is 0 Å². The second-order valence-electron chi connectivity index (χ2n) is 2.07. The van der Waals surface area contributed by atoms with Crippen molar-refractivity contribution in [1.29, 1.82) is 0 Å². The highest BCUT2D eigenvalue weighted by molar-refractivity contribution is 6.35. The normalized spacial score (nSPS) is 9.08. The SMILES string of the molecule is C#CCOc1ccc(Cl)cc1Cl. The molecule has 1 aromatic rings. The molecular weight excluding hydrogens is 195 g/mol. The molecule has 0 amide bonds. The van der Waals surface area contributed by atoms with Gasteiger partial charge in [0.15, 0.2) is 0 Å². The van der Waals surface area contributed by atoms with Crippen molar-refractivity contribution in [3.8, 4) is 18.1 Å². The van der Waals surface area contributed by atoms with Gasteiger partial charge < -0.3 is 4.74 Å². The number of ether oxygens (including phenoxy) is 1. The maximum absolute atomic E-state index is 5.79. The van der Waals surface area contributed by atoms with Gasteiger partial charge in [-0.2, -0.15) is 0 Å². The predicted molar refractivity (Wildman–Crippen MR) is 50.8 cm³/mol. The van der Waals surface area contributed by atoms with Gasteiger partial charge in [0.25, 0.3) is 0 Å². The van der Waals surface area contributed by atoms with E-state index in [0.717, 1.165) is 0 Å². The molecule has 3 heteroatoms. The van der Waals surface area contributed by atoms with Crippen molar-refractivity contribution in [3.63, 3.8) is 0 Å². The Hall–Kier alpha value is -0.840. The van der Waals surface area contributed by atoms with E-state index in [-0.39, 0.29) is 6.61 Å². The highest BCUT2D eigenvalue weighted by atomic mass is 35.5. The van der Waals surface area contributed by atoms with Crippen LogP contribution in [-0.4, -0.2) is 6.61 Å². The summed E-state index contributed by atoms with van der Waals surface area (Å²) in [4.78, 5) is 0. The van der Waals surface area contributed by atoms with Gasteiger partial charge in [-0.25, -0.2) is 0 Å². The van der Waals surface area contributed by atoms with E-state index in [0.29, 0.717) is 15.8 Å². The summed E-state index contributed by atoms with van der Waals surface area (Å²) in [7, 11) is 0. The fourth-order valence-corrected chi connectivity index (χ4v) is 1.17. The lowest BCUT2D eigenvalue weighted by atomic mass is 10.3. The largest absolute Gasteiger partial charge is 0.479 e. The molecule has 1 aromatic carbocycles. The minimum Gasteiger partial charge on any atom is -0.479 e. The zero-order valence-corrected chi connectivity index (χ0v) is 7.69. The first-order chi connectivity index (χ1) is 5.74. The minimum absolute atomic E-state index is 0.210. The van der Waals surface area contributed by atoms with Crippen LogP contribution in [0.2, 0.25) is 10.0 Å². The second-order valence-corrected chi connectivity index (χ2v) is 2.91. The van der Waals surface area contributed by atoms with Gasteiger partial charge in [-0.05, 0) is 18.2 Å². The summed E-state index contributed by atoms with van der Waals surface area (Å²) in [5.41, 5.74) is 0. The smallest absolute Gasteiger partial charge is 0.148 e. The Bertz CT molecular complexity index is 315. The number of terminal acetylenes is 1. The van der Waals surface area contributed by atoms with E-state index in [1.807, 2.05) is 0 Å². The lowest BCUT2D eigenvalue weighted by molar-refractivity contribution is 0.370. The molecule has 0 N–H and O–H groups in total. The molecule has 0 radical (unpaired) electrons. The van der Waals surface area contributed by atoms with Crippen molar-refractivity contribution >= 4 is 23.2 Å². The molecule has 1 nitrogen and oxygen atoms in total. The van der Waals surface area contributed by atoms with E-state index < -0.39 is 0 Å². The van der Waals surface area contributed by atoms with Crippen LogP contribution in [-0.2, 0) is 0 Å². The monoisotopic (exact) mass is 200 g/mol. The first kappa shape index (κ1) is 9.25. The Morgan fingerprint density at radius 1 is 1.42 bits per heavy atom. The standard InChI is InChI=1S/C9H6Cl2O/c1-2-5-12-9-4-3-7(10)6-8(9)11/h1,3-4,6H,5H2. The third kappa shape index (κ3) is 2.34. The molecule has 0 atom stereocenters. The van der Waals surface area contributed by atoms with E-state index in [1.165, 1.54) is 0 Å². The Balaban J connectivity index is 2.81. The van der Waals surface area contributed by atoms with Crippen LogP contribution in [0.4, 0.5) is 0 Å². The van der Waals surface area contributed by atoms with Crippen LogP contribution in [0.25, 0.3) is 0 Å². The molecule has 0 aliphatic rings. The van der Waals surface area contributed by atoms with Crippen molar-refractivity contribution in [2.75, 3.05) is 6.61 Å². The Morgan fingerprint density at radius 2 is 2.17 bits per heavy atom. The van der Waals surface area contributed by atoms with E-state index >= 15 is 0 Å². The highest BCUT2D eigenvalue weighted by Gasteiger charge is 2.00. The molecule has 0 aliphatic carbocycles. The summed E-state index contributed by atoms with van der Waals surface area (Å²) in [6, 6.07) is 4.98. The third-order valence-corrected chi connectivity index (χ3v) is 1.74. The van der Waals surface area contributed by atoms with Crippen LogP contribution in [0.15, 0.2) is 18.2 Å². The van der Waals surface area contributed by atoms with Crippen molar-refractivity contribution in [1.82, 2.24) is 0 Å². The van der Waals surface area contributed by atoms with Crippen LogP contribution >= 0.6 is 23.2 Å². The molecule has 0 aromatic heterocycles. The second kappa shape index (κ2) is 4.25. The zero-order valence-electron chi connectivity index (χ0n) is 6.18. The minimum atomic E-state index is 0.210. The van der Waals surface area contributed by atoms with Crippen molar-refractivity contribution < 1.29 is 4.74 Å². The Labute approximate surface area is 81.2 Å². The number of benzene rings is 1. The summed E-state index contributed by atoms with van der Waals surface area (Å²) in [5.74, 6) is 2.90. The van der Waals surface area contributed by atoms with Crippen LogP contribution in [0.5, 0.6) is 5.75 Å². The van der Waals surface area contributed by atoms with Crippen molar-refractivity contribution in [2.45, 2.75) is 0 Å². The molecule has 62 valence electrons. The summed E-state index contributed by atoms with van der Waals surface area (Å²) in [6.07, 6.45) is 5.01. The quantitative estimate of drug-likeness (QED) is 0.668. The van der Waals surface area contributed by atoms with Crippen LogP contribution in [0, 0.1) is 12.3 Å². The molecule has 12 heavy (non-hydrogen) atoms. The van der Waals surface area contributed by atoms with Gasteiger partial charge in [-0.1, -0.05) is 29.1 Å². The number of hydrogen-bond acceptors (Lipinski definition) is 1. The van der Waals surface area contributed by atoms with Gasteiger partial charge in [-0.15, -0.1) is 6.42 Å². The molecular formula is C9H6Cl2O. The molecule has 0 heterocycles. The summed E-state index contributed by atoms with van der Waals surface area (Å²) in [5, 5.41) is 1.05. The van der Waals surface area contributed by atoms with Gasteiger partial charge >= 0.3 is 0 Å². The fraction of sp³-hybridized carbons (Fsp3) is 0.111. The maximum atomic E-state index is 5.79. The van der Waals surface area contributed by atoms with E-state index in [2.05, 4.69) is 5.92 Å². The fourth-order valence-electron chi connectivity index (χ4n) is 0.712. The number of hydrogen-bond donors (Lipinski definition) is 0. The Morgan fingerprint density at radius 3 is 2.75 bits per heavy atom. The lowest BCUT2D eigenvalue weighted by Crippen LogP contribution is -1.93. The van der Waals surface area contributed by atoms with Gasteiger partial charge in [0.05, 0.1) is 5.02 Å². The van der Waals surface area contributed by atoms with E-state index in [9.17, 15) is 0 Å². The molecule has 0 aliphatic heterocycles. The molecule has 0 saturated heterocycles. The molecule has 1 rings (SSSR count). The lowest BCUT2D eigenvalue weighted by Gasteiger charge is -2.03. The molecule has 0 bridgehead atoms. The van der Waals surface area contributed by atoms with E-state index in [1.54, 1.807) is 18.2 Å². The third-order valence-electron chi connectivity index (χ3n) is 1.20. The number of rotatable bonds is 2. The average Bonchev–Trinajstić information content (AvgIpc) is 2.03. The van der Waals surface area contributed by atoms with Crippen LogP contribution < -0.4 is 4.74 Å². The maximum Gasteiger partial charge on any atom is 0.148 e. The summed E-state index contributed by atoms with van der Waals surface area (Å²) < 4.78 is 5.11. The van der Waals surface area contributed by atoms with Crippen molar-refractivity contribution in [2.24, 2.45) is 0 Å². The molecule has 0 fully saturated rings. The zero-order chi connectivity index (χ0) is 8.97. The summed E-state index contributed by atoms with van der Waals surface area (Å²) in [6.45, 7) is 0.210. The van der Waals surface area contributed by atoms with Crippen molar-refractivity contribution in [3.05, 3.63) is 28.2 Å².